The summed E-state index contributed by atoms with van der Waals surface area (Å²) in [5.41, 5.74) is 0. The Morgan fingerprint density at radius 1 is 1.64 bits per heavy atom. The zero-order valence-electron chi connectivity index (χ0n) is 9.47. The number of rotatable bonds is 3. The molecule has 0 bridgehead atoms. The Kier molecular flexibility index (Phi) is 2.00. The SMILES string of the molecule is [2H]c1cc([2H])c(OC(F)(F)C(=O)O)c([2H])c1Br. The van der Waals surface area contributed by atoms with Gasteiger partial charge in [-0.15, -0.1) is 0 Å². The highest BCUT2D eigenvalue weighted by Gasteiger charge is 2.42. The summed E-state index contributed by atoms with van der Waals surface area (Å²) in [6, 6.07) is -0.742. The minimum absolute atomic E-state index is 0.162. The van der Waals surface area contributed by atoms with E-state index in [1.807, 2.05) is 0 Å². The van der Waals surface area contributed by atoms with Crippen molar-refractivity contribution in [2.45, 2.75) is 6.11 Å². The van der Waals surface area contributed by atoms with E-state index in [0.717, 1.165) is 6.07 Å². The van der Waals surface area contributed by atoms with Crippen LogP contribution in [0.15, 0.2) is 28.7 Å². The fraction of sp³-hybridized carbons (Fsp3) is 0.125. The molecule has 1 N–H and O–H groups in total. The van der Waals surface area contributed by atoms with Gasteiger partial charge in [0.25, 0.3) is 0 Å². The van der Waals surface area contributed by atoms with Crippen LogP contribution in [0.25, 0.3) is 0 Å². The average molecular weight is 270 g/mol. The van der Waals surface area contributed by atoms with Crippen LogP contribution in [-0.4, -0.2) is 17.2 Å². The Balaban J connectivity index is 3.25. The standard InChI is InChI=1S/C8H5BrF2O3/c9-5-2-1-3-6(4-5)14-8(10,11)7(12)13/h1-4H,(H,12,13)/i2D,3D,4D. The number of halogens is 3. The molecule has 0 aliphatic heterocycles. The molecule has 0 amide bonds. The summed E-state index contributed by atoms with van der Waals surface area (Å²) < 4.78 is 51.1. The molecule has 0 aliphatic rings. The summed E-state index contributed by atoms with van der Waals surface area (Å²) in [4.78, 5) is 10.2. The zero-order chi connectivity index (χ0) is 13.4. The van der Waals surface area contributed by atoms with Gasteiger partial charge in [-0.3, -0.25) is 0 Å². The van der Waals surface area contributed by atoms with Gasteiger partial charge in [0.05, 0.1) is 4.11 Å². The largest absolute Gasteiger partial charge is 0.501 e. The molecule has 0 saturated carbocycles. The van der Waals surface area contributed by atoms with E-state index < -0.39 is 29.9 Å². The third-order valence-electron chi connectivity index (χ3n) is 1.10. The van der Waals surface area contributed by atoms with Gasteiger partial charge in [0.1, 0.15) is 5.75 Å². The molecule has 6 heteroatoms. The van der Waals surface area contributed by atoms with Crippen LogP contribution in [0.4, 0.5) is 8.78 Å². The van der Waals surface area contributed by atoms with Crippen LogP contribution in [0, 0.1) is 0 Å². The van der Waals surface area contributed by atoms with Gasteiger partial charge in [0, 0.05) is 4.47 Å². The van der Waals surface area contributed by atoms with Gasteiger partial charge < -0.3 is 9.84 Å². The maximum Gasteiger partial charge on any atom is 0.501 e. The molecule has 76 valence electrons. The molecule has 0 radical (unpaired) electrons. The maximum absolute atomic E-state index is 12.8. The van der Waals surface area contributed by atoms with Crippen LogP contribution in [0.3, 0.4) is 0 Å². The van der Waals surface area contributed by atoms with E-state index in [4.69, 9.17) is 9.22 Å². The van der Waals surface area contributed by atoms with Gasteiger partial charge in [0.15, 0.2) is 0 Å². The van der Waals surface area contributed by atoms with Crippen LogP contribution in [0.5, 0.6) is 5.75 Å². The lowest BCUT2D eigenvalue weighted by Crippen LogP contribution is -2.34. The van der Waals surface area contributed by atoms with E-state index in [1.54, 1.807) is 0 Å². The average Bonchev–Trinajstić information content (AvgIpc) is 2.21. The van der Waals surface area contributed by atoms with E-state index in [1.165, 1.54) is 0 Å². The molecule has 0 heterocycles. The Morgan fingerprint density at radius 2 is 2.29 bits per heavy atom. The molecule has 0 atom stereocenters. The minimum atomic E-state index is -4.53. The smallest absolute Gasteiger partial charge is 0.474 e. The van der Waals surface area contributed by atoms with Gasteiger partial charge in [-0.2, -0.15) is 8.78 Å². The molecular weight excluding hydrogens is 262 g/mol. The van der Waals surface area contributed by atoms with Crippen molar-refractivity contribution in [3.05, 3.63) is 28.7 Å². The molecule has 1 aromatic carbocycles. The van der Waals surface area contributed by atoms with Gasteiger partial charge >= 0.3 is 12.1 Å². The highest BCUT2D eigenvalue weighted by Crippen LogP contribution is 2.24. The van der Waals surface area contributed by atoms with Crippen LogP contribution < -0.4 is 4.74 Å². The van der Waals surface area contributed by atoms with Crippen molar-refractivity contribution < 1.29 is 27.5 Å². The molecule has 0 aliphatic carbocycles. The highest BCUT2D eigenvalue weighted by molar-refractivity contribution is 9.10. The van der Waals surface area contributed by atoms with Crippen molar-refractivity contribution in [3.8, 4) is 5.75 Å². The number of ether oxygens (including phenoxy) is 1. The molecule has 1 aromatic rings. The van der Waals surface area contributed by atoms with Crippen LogP contribution in [-0.2, 0) is 4.79 Å². The third-order valence-corrected chi connectivity index (χ3v) is 1.53. The second-order valence-corrected chi connectivity index (χ2v) is 2.92. The van der Waals surface area contributed by atoms with Gasteiger partial charge in [-0.05, 0) is 18.1 Å². The summed E-state index contributed by atoms with van der Waals surface area (Å²) in [7, 11) is 0. The number of aliphatic carboxylic acids is 1. The summed E-state index contributed by atoms with van der Waals surface area (Å²) in [6.07, 6.45) is -4.53. The number of benzene rings is 1. The van der Waals surface area contributed by atoms with E-state index in [-0.39, 0.29) is 10.5 Å². The topological polar surface area (TPSA) is 46.5 Å². The van der Waals surface area contributed by atoms with Crippen molar-refractivity contribution in [1.82, 2.24) is 0 Å². The molecule has 0 fully saturated rings. The van der Waals surface area contributed by atoms with Gasteiger partial charge in [-0.1, -0.05) is 22.0 Å². The van der Waals surface area contributed by atoms with Crippen molar-refractivity contribution in [3.63, 3.8) is 0 Å². The lowest BCUT2D eigenvalue weighted by Gasteiger charge is -2.12. The normalized spacial score (nSPS) is 14.1. The predicted molar refractivity (Wildman–Crippen MR) is 47.4 cm³/mol. The second kappa shape index (κ2) is 3.91. The Labute approximate surface area is 90.6 Å². The quantitative estimate of drug-likeness (QED) is 0.917. The molecule has 0 saturated heterocycles. The summed E-state index contributed by atoms with van der Waals surface area (Å²) in [5, 5.41) is 8.16. The Morgan fingerprint density at radius 3 is 2.86 bits per heavy atom. The fourth-order valence-corrected chi connectivity index (χ4v) is 0.858. The lowest BCUT2D eigenvalue weighted by molar-refractivity contribution is -0.210. The van der Waals surface area contributed by atoms with Crippen molar-refractivity contribution in [2.75, 3.05) is 0 Å². The maximum atomic E-state index is 12.8. The summed E-state index contributed by atoms with van der Waals surface area (Å²) in [6.45, 7) is 0. The number of carboxylic acids is 1. The van der Waals surface area contributed by atoms with Crippen molar-refractivity contribution in [1.29, 1.82) is 0 Å². The van der Waals surface area contributed by atoms with E-state index in [2.05, 4.69) is 20.7 Å². The minimum Gasteiger partial charge on any atom is -0.474 e. The first-order valence-corrected chi connectivity index (χ1v) is 4.02. The molecular formula is C8H5BrF2O3. The molecule has 0 unspecified atom stereocenters. The monoisotopic (exact) mass is 269 g/mol. The first kappa shape index (κ1) is 7.17. The van der Waals surface area contributed by atoms with Gasteiger partial charge in [-0.25, -0.2) is 4.79 Å². The second-order valence-electron chi connectivity index (χ2n) is 2.13. The Bertz CT molecular complexity index is 482. The summed E-state index contributed by atoms with van der Waals surface area (Å²) >= 11 is 2.78. The number of alkyl halides is 2. The van der Waals surface area contributed by atoms with Crippen molar-refractivity contribution in [2.24, 2.45) is 0 Å². The molecule has 0 aromatic heterocycles. The van der Waals surface area contributed by atoms with Crippen molar-refractivity contribution >= 4 is 21.9 Å². The molecule has 3 nitrogen and oxygen atoms in total. The number of carbonyl (C=O) groups is 1. The van der Waals surface area contributed by atoms with Crippen LogP contribution in [0.1, 0.15) is 4.11 Å². The fourth-order valence-electron chi connectivity index (χ4n) is 0.564. The highest BCUT2D eigenvalue weighted by atomic mass is 79.9. The number of hydrogen-bond donors (Lipinski definition) is 1. The van der Waals surface area contributed by atoms with E-state index in [0.29, 0.717) is 0 Å². The lowest BCUT2D eigenvalue weighted by atomic mass is 10.3. The number of carboxylic acid groups (broad SMARTS) is 1. The van der Waals surface area contributed by atoms with Crippen LogP contribution >= 0.6 is 15.9 Å². The Hall–Kier alpha value is -1.17. The predicted octanol–water partition coefficient (Wildman–Crippen LogP) is 2.51. The van der Waals surface area contributed by atoms with E-state index in [9.17, 15) is 13.6 Å². The first-order valence-electron chi connectivity index (χ1n) is 4.73. The number of hydrogen-bond acceptors (Lipinski definition) is 2. The first-order chi connectivity index (χ1) is 7.66. The molecule has 0 spiro atoms. The van der Waals surface area contributed by atoms with Crippen LogP contribution in [0.2, 0.25) is 0 Å². The zero-order valence-corrected chi connectivity index (χ0v) is 8.06. The summed E-state index contributed by atoms with van der Waals surface area (Å²) in [5.74, 6) is -3.43. The third kappa shape index (κ3) is 2.66. The molecule has 1 rings (SSSR count). The van der Waals surface area contributed by atoms with E-state index >= 15 is 0 Å². The van der Waals surface area contributed by atoms with Gasteiger partial charge in [0.2, 0.25) is 0 Å². The molecule has 14 heavy (non-hydrogen) atoms.